The van der Waals surface area contributed by atoms with Crippen molar-refractivity contribution in [3.05, 3.63) is 29.8 Å². The second-order valence-electron chi connectivity index (χ2n) is 4.24. The Morgan fingerprint density at radius 1 is 1.53 bits per heavy atom. The molecule has 0 fully saturated rings. The van der Waals surface area contributed by atoms with Crippen LogP contribution in [-0.4, -0.2) is 11.5 Å². The van der Waals surface area contributed by atoms with Crippen molar-refractivity contribution >= 4 is 18.0 Å². The Kier molecular flexibility index (Phi) is 3.47. The highest BCUT2D eigenvalue weighted by Gasteiger charge is 2.21. The normalized spacial score (nSPS) is 21.0. The minimum atomic E-state index is 0.217. The minimum absolute atomic E-state index is 0.217. The Labute approximate surface area is 95.3 Å². The van der Waals surface area contributed by atoms with Gasteiger partial charge in [0.05, 0.1) is 0 Å². The number of fused-ring (bicyclic) bond motifs is 1. The van der Waals surface area contributed by atoms with Gasteiger partial charge in [0.1, 0.15) is 6.29 Å². The number of rotatable bonds is 4. The van der Waals surface area contributed by atoms with E-state index in [1.807, 2.05) is 18.7 Å². The van der Waals surface area contributed by atoms with Crippen LogP contribution in [0.25, 0.3) is 0 Å². The number of carbonyl (C=O) groups excluding carboxylic acids is 1. The van der Waals surface area contributed by atoms with Crippen molar-refractivity contribution in [3.8, 4) is 0 Å². The van der Waals surface area contributed by atoms with Gasteiger partial charge in [-0.2, -0.15) is 0 Å². The molecule has 0 spiro atoms. The van der Waals surface area contributed by atoms with E-state index in [2.05, 4.69) is 24.3 Å². The lowest BCUT2D eigenvalue weighted by Gasteiger charge is -2.09. The first kappa shape index (κ1) is 10.7. The monoisotopic (exact) mass is 220 g/mol. The summed E-state index contributed by atoms with van der Waals surface area (Å²) in [5.74, 6) is 0.217. The summed E-state index contributed by atoms with van der Waals surface area (Å²) in [6.45, 7) is 2.00. The van der Waals surface area contributed by atoms with Crippen LogP contribution in [0.3, 0.4) is 0 Å². The largest absolute Gasteiger partial charge is 0.303 e. The minimum Gasteiger partial charge on any atom is -0.303 e. The molecule has 80 valence electrons. The standard InChI is InChI=1S/C13H16OS/c1-10(9-14)6-7-12-8-11-4-2-3-5-13(11)15-12/h2-5,9-10,12H,6-8H2,1H3. The highest BCUT2D eigenvalue weighted by molar-refractivity contribution is 8.00. The highest BCUT2D eigenvalue weighted by Crippen LogP contribution is 2.39. The maximum atomic E-state index is 10.5. The maximum Gasteiger partial charge on any atom is 0.122 e. The topological polar surface area (TPSA) is 17.1 Å². The van der Waals surface area contributed by atoms with E-state index in [0.29, 0.717) is 5.25 Å². The fourth-order valence-electron chi connectivity index (χ4n) is 1.93. The van der Waals surface area contributed by atoms with Crippen LogP contribution in [0.4, 0.5) is 0 Å². The number of hydrogen-bond acceptors (Lipinski definition) is 2. The summed E-state index contributed by atoms with van der Waals surface area (Å²) in [6.07, 6.45) is 4.41. The Hall–Kier alpha value is -0.760. The second-order valence-corrected chi connectivity index (χ2v) is 5.58. The van der Waals surface area contributed by atoms with Crippen molar-refractivity contribution in [2.24, 2.45) is 5.92 Å². The third-order valence-corrected chi connectivity index (χ3v) is 4.28. The molecule has 0 N–H and O–H groups in total. The van der Waals surface area contributed by atoms with Crippen LogP contribution in [0.2, 0.25) is 0 Å². The molecule has 0 saturated carbocycles. The molecule has 0 amide bonds. The predicted molar refractivity (Wildman–Crippen MR) is 64.3 cm³/mol. The maximum absolute atomic E-state index is 10.5. The number of aldehydes is 1. The Morgan fingerprint density at radius 3 is 3.07 bits per heavy atom. The van der Waals surface area contributed by atoms with Crippen LogP contribution < -0.4 is 0 Å². The van der Waals surface area contributed by atoms with Crippen molar-refractivity contribution in [1.29, 1.82) is 0 Å². The molecule has 0 radical (unpaired) electrons. The number of carbonyl (C=O) groups is 1. The lowest BCUT2D eigenvalue weighted by Crippen LogP contribution is -2.05. The van der Waals surface area contributed by atoms with Crippen molar-refractivity contribution in [2.45, 2.75) is 36.3 Å². The summed E-state index contributed by atoms with van der Waals surface area (Å²) >= 11 is 1.97. The first-order valence-corrected chi connectivity index (χ1v) is 6.37. The summed E-state index contributed by atoms with van der Waals surface area (Å²) in [5.41, 5.74) is 1.48. The third kappa shape index (κ3) is 2.63. The quantitative estimate of drug-likeness (QED) is 0.724. The van der Waals surface area contributed by atoms with E-state index in [9.17, 15) is 4.79 Å². The molecule has 2 unspecified atom stereocenters. The van der Waals surface area contributed by atoms with Gasteiger partial charge in [-0.1, -0.05) is 25.1 Å². The molecule has 0 aliphatic carbocycles. The molecule has 1 nitrogen and oxygen atoms in total. The van der Waals surface area contributed by atoms with Gasteiger partial charge in [0.2, 0.25) is 0 Å². The van der Waals surface area contributed by atoms with Gasteiger partial charge in [-0.3, -0.25) is 0 Å². The van der Waals surface area contributed by atoms with Gasteiger partial charge in [0.25, 0.3) is 0 Å². The van der Waals surface area contributed by atoms with Gasteiger partial charge in [-0.05, 0) is 30.9 Å². The Balaban J connectivity index is 1.88. The van der Waals surface area contributed by atoms with Crippen molar-refractivity contribution < 1.29 is 4.79 Å². The molecule has 0 bridgehead atoms. The SMILES string of the molecule is CC(C=O)CCC1Cc2ccccc2S1. The lowest BCUT2D eigenvalue weighted by atomic mass is 10.0. The zero-order chi connectivity index (χ0) is 10.7. The van der Waals surface area contributed by atoms with Crippen LogP contribution in [0, 0.1) is 5.92 Å². The predicted octanol–water partition coefficient (Wildman–Crippen LogP) is 3.32. The average Bonchev–Trinajstić information content (AvgIpc) is 2.68. The molecular weight excluding hydrogens is 204 g/mol. The number of benzene rings is 1. The Morgan fingerprint density at radius 2 is 2.33 bits per heavy atom. The van der Waals surface area contributed by atoms with Gasteiger partial charge >= 0.3 is 0 Å². The molecule has 1 heterocycles. The molecule has 1 aliphatic heterocycles. The van der Waals surface area contributed by atoms with Crippen LogP contribution in [0.1, 0.15) is 25.3 Å². The van der Waals surface area contributed by atoms with Gasteiger partial charge in [0.15, 0.2) is 0 Å². The zero-order valence-corrected chi connectivity index (χ0v) is 9.80. The molecular formula is C13H16OS. The molecule has 0 aromatic heterocycles. The van der Waals surface area contributed by atoms with Gasteiger partial charge in [-0.15, -0.1) is 11.8 Å². The van der Waals surface area contributed by atoms with Gasteiger partial charge in [-0.25, -0.2) is 0 Å². The summed E-state index contributed by atoms with van der Waals surface area (Å²) in [6, 6.07) is 8.62. The lowest BCUT2D eigenvalue weighted by molar-refractivity contribution is -0.110. The van der Waals surface area contributed by atoms with Crippen LogP contribution in [0.15, 0.2) is 29.2 Å². The first-order chi connectivity index (χ1) is 7.29. The molecule has 1 aliphatic rings. The van der Waals surface area contributed by atoms with E-state index < -0.39 is 0 Å². The smallest absolute Gasteiger partial charge is 0.122 e. The summed E-state index contributed by atoms with van der Waals surface area (Å²) in [4.78, 5) is 12.0. The second kappa shape index (κ2) is 4.84. The molecule has 2 atom stereocenters. The van der Waals surface area contributed by atoms with Crippen molar-refractivity contribution in [3.63, 3.8) is 0 Å². The van der Waals surface area contributed by atoms with E-state index >= 15 is 0 Å². The van der Waals surface area contributed by atoms with E-state index in [1.54, 1.807) is 0 Å². The zero-order valence-electron chi connectivity index (χ0n) is 8.98. The molecule has 15 heavy (non-hydrogen) atoms. The molecule has 1 aromatic carbocycles. The van der Waals surface area contributed by atoms with E-state index in [0.717, 1.165) is 19.1 Å². The van der Waals surface area contributed by atoms with E-state index in [4.69, 9.17) is 0 Å². The highest BCUT2D eigenvalue weighted by atomic mass is 32.2. The molecule has 2 heteroatoms. The first-order valence-electron chi connectivity index (χ1n) is 5.49. The Bertz CT molecular complexity index is 323. The number of hydrogen-bond donors (Lipinski definition) is 0. The van der Waals surface area contributed by atoms with Crippen molar-refractivity contribution in [2.75, 3.05) is 0 Å². The molecule has 1 aromatic rings. The summed E-state index contributed by atoms with van der Waals surface area (Å²) < 4.78 is 0. The molecule has 0 saturated heterocycles. The van der Waals surface area contributed by atoms with Crippen LogP contribution >= 0.6 is 11.8 Å². The number of thioether (sulfide) groups is 1. The molecule has 2 rings (SSSR count). The fraction of sp³-hybridized carbons (Fsp3) is 0.462. The third-order valence-electron chi connectivity index (χ3n) is 2.89. The summed E-state index contributed by atoms with van der Waals surface area (Å²) in [5, 5.41) is 0.685. The van der Waals surface area contributed by atoms with E-state index in [1.165, 1.54) is 16.9 Å². The van der Waals surface area contributed by atoms with Crippen molar-refractivity contribution in [1.82, 2.24) is 0 Å². The van der Waals surface area contributed by atoms with Crippen LogP contribution in [-0.2, 0) is 11.2 Å². The van der Waals surface area contributed by atoms with Crippen LogP contribution in [0.5, 0.6) is 0 Å². The van der Waals surface area contributed by atoms with Gasteiger partial charge in [0, 0.05) is 16.1 Å². The fourth-order valence-corrected chi connectivity index (χ4v) is 3.27. The summed E-state index contributed by atoms with van der Waals surface area (Å²) in [7, 11) is 0. The van der Waals surface area contributed by atoms with Gasteiger partial charge < -0.3 is 4.79 Å². The average molecular weight is 220 g/mol. The van der Waals surface area contributed by atoms with E-state index in [-0.39, 0.29) is 5.92 Å².